The molecular weight excluding hydrogens is 506 g/mol. The minimum absolute atomic E-state index is 0.0716. The highest BCUT2D eigenvalue weighted by molar-refractivity contribution is 7.99. The van der Waals surface area contributed by atoms with E-state index in [0.29, 0.717) is 28.7 Å². The number of hydrogen-bond acceptors (Lipinski definition) is 8. The number of piperidine rings is 1. The van der Waals surface area contributed by atoms with Crippen molar-refractivity contribution in [2.24, 2.45) is 11.5 Å². The average molecular weight is 548 g/mol. The monoisotopic (exact) mass is 547 g/mol. The van der Waals surface area contributed by atoms with Gasteiger partial charge in [0, 0.05) is 54.4 Å². The Balaban J connectivity index is 0.00000115. The maximum atomic E-state index is 13.6. The van der Waals surface area contributed by atoms with Gasteiger partial charge in [-0.25, -0.2) is 9.97 Å². The van der Waals surface area contributed by atoms with Crippen molar-refractivity contribution in [2.75, 3.05) is 42.6 Å². The van der Waals surface area contributed by atoms with Crippen LogP contribution in [0.3, 0.4) is 0 Å². The van der Waals surface area contributed by atoms with Crippen LogP contribution >= 0.6 is 23.5 Å². The molecule has 1 amide bonds. The number of nitrogens with two attached hydrogens (primary N) is 2. The van der Waals surface area contributed by atoms with Crippen LogP contribution in [-0.4, -0.2) is 59.8 Å². The molecule has 2 aliphatic rings. The van der Waals surface area contributed by atoms with Gasteiger partial charge in [0.1, 0.15) is 5.82 Å². The topological polar surface area (TPSA) is 113 Å². The first-order chi connectivity index (χ1) is 18.0. The van der Waals surface area contributed by atoms with E-state index in [1.165, 1.54) is 31.8 Å². The zero-order valence-corrected chi connectivity index (χ0v) is 24.3. The van der Waals surface area contributed by atoms with Gasteiger partial charge >= 0.3 is 0 Å². The van der Waals surface area contributed by atoms with Crippen molar-refractivity contribution >= 4 is 47.0 Å². The smallest absolute Gasteiger partial charge is 0.256 e. The fourth-order valence-corrected chi connectivity index (χ4v) is 5.15. The van der Waals surface area contributed by atoms with Crippen LogP contribution in [0.4, 0.5) is 11.5 Å². The molecule has 2 fully saturated rings. The van der Waals surface area contributed by atoms with Crippen LogP contribution < -0.4 is 21.1 Å². The van der Waals surface area contributed by atoms with Gasteiger partial charge in [-0.3, -0.25) is 4.79 Å². The third kappa shape index (κ3) is 7.99. The lowest BCUT2D eigenvalue weighted by molar-refractivity contribution is 0.0653. The van der Waals surface area contributed by atoms with Gasteiger partial charge in [-0.1, -0.05) is 37.4 Å². The molecule has 1 atom stereocenters. The Labute approximate surface area is 231 Å². The molecule has 8 nitrogen and oxygen atoms in total. The number of aromatic nitrogens is 2. The highest BCUT2D eigenvalue weighted by Gasteiger charge is 2.31. The number of nitrogens with one attached hydrogen (secondary N) is 1. The van der Waals surface area contributed by atoms with Crippen molar-refractivity contribution in [2.45, 2.75) is 58.9 Å². The second-order valence-corrected chi connectivity index (χ2v) is 9.63. The second-order valence-electron chi connectivity index (χ2n) is 8.58. The number of carbonyl (C=O) groups excluding carboxylic acids is 1. The summed E-state index contributed by atoms with van der Waals surface area (Å²) in [6.45, 7) is 8.73. The second kappa shape index (κ2) is 15.7. The number of amides is 1. The molecule has 0 spiro atoms. The summed E-state index contributed by atoms with van der Waals surface area (Å²) >= 11 is 7.67. The molecule has 4 rings (SSSR count). The van der Waals surface area contributed by atoms with Crippen molar-refractivity contribution in [3.05, 3.63) is 52.1 Å². The summed E-state index contributed by atoms with van der Waals surface area (Å²) < 4.78 is 3.19. The van der Waals surface area contributed by atoms with E-state index in [0.717, 1.165) is 49.4 Å². The molecule has 5 N–H and O–H groups in total. The Morgan fingerprint density at radius 1 is 1.16 bits per heavy atom. The van der Waals surface area contributed by atoms with Crippen LogP contribution in [0.5, 0.6) is 0 Å². The van der Waals surface area contributed by atoms with Crippen LogP contribution in [-0.2, 0) is 0 Å². The van der Waals surface area contributed by atoms with Crippen LogP contribution in [0.25, 0.3) is 6.08 Å². The van der Waals surface area contributed by atoms with Crippen LogP contribution in [0, 0.1) is 6.92 Å². The molecule has 2 aliphatic heterocycles. The molecule has 1 unspecified atom stereocenters. The lowest BCUT2D eigenvalue weighted by Gasteiger charge is -2.36. The molecule has 1 aromatic heterocycles. The zero-order valence-electron chi connectivity index (χ0n) is 22.8. The summed E-state index contributed by atoms with van der Waals surface area (Å²) in [6, 6.07) is 5.14. The molecule has 0 radical (unpaired) electrons. The Morgan fingerprint density at radius 3 is 2.51 bits per heavy atom. The van der Waals surface area contributed by atoms with Crippen LogP contribution in [0.15, 0.2) is 30.1 Å². The largest absolute Gasteiger partial charge is 0.400 e. The molecule has 204 valence electrons. The first-order valence-electron chi connectivity index (χ1n) is 13.0. The summed E-state index contributed by atoms with van der Waals surface area (Å²) in [5.41, 5.74) is 14.1. The molecule has 10 heteroatoms. The van der Waals surface area contributed by atoms with Gasteiger partial charge in [-0.15, -0.1) is 0 Å². The van der Waals surface area contributed by atoms with Crippen molar-refractivity contribution < 1.29 is 4.79 Å². The van der Waals surface area contributed by atoms with Crippen LogP contribution in [0.1, 0.15) is 67.7 Å². The number of halogens is 1. The zero-order chi connectivity index (χ0) is 27.4. The van der Waals surface area contributed by atoms with Gasteiger partial charge in [0.15, 0.2) is 5.82 Å². The van der Waals surface area contributed by atoms with Crippen molar-refractivity contribution in [1.29, 1.82) is 0 Å². The predicted molar refractivity (Wildman–Crippen MR) is 159 cm³/mol. The highest BCUT2D eigenvalue weighted by atomic mass is 35.5. The number of carbonyl (C=O) groups is 1. The maximum absolute atomic E-state index is 13.6. The van der Waals surface area contributed by atoms with Crippen molar-refractivity contribution in [3.63, 3.8) is 0 Å². The Bertz CT molecular complexity index is 1040. The number of hydrogen-bond donors (Lipinski definition) is 3. The maximum Gasteiger partial charge on any atom is 0.256 e. The number of aryl methyl sites for hydroxylation is 1. The molecule has 0 bridgehead atoms. The van der Waals surface area contributed by atoms with Gasteiger partial charge in [0.25, 0.3) is 5.91 Å². The predicted octanol–water partition coefficient (Wildman–Crippen LogP) is 5.32. The van der Waals surface area contributed by atoms with Crippen molar-refractivity contribution in [1.82, 2.24) is 14.9 Å². The minimum atomic E-state index is -0.201. The third-order valence-corrected chi connectivity index (χ3v) is 6.90. The quantitative estimate of drug-likeness (QED) is 0.416. The molecule has 0 saturated carbocycles. The fourth-order valence-electron chi connectivity index (χ4n) is 4.58. The Hall–Kier alpha value is -2.49. The number of benzene rings is 1. The molecule has 3 heterocycles. The van der Waals surface area contributed by atoms with Gasteiger partial charge in [-0.2, -0.15) is 0 Å². The van der Waals surface area contributed by atoms with E-state index in [4.69, 9.17) is 22.3 Å². The number of likely N-dealkylation sites (tertiary alicyclic amines) is 1. The summed E-state index contributed by atoms with van der Waals surface area (Å²) in [6.07, 6.45) is 10.8. The summed E-state index contributed by atoms with van der Waals surface area (Å²) in [7, 11) is 1.50. The van der Waals surface area contributed by atoms with E-state index in [9.17, 15) is 4.79 Å². The fraction of sp³-hybridized carbons (Fsp3) is 0.519. The van der Waals surface area contributed by atoms with Gasteiger partial charge in [0.05, 0.1) is 17.3 Å². The molecule has 2 aromatic rings. The van der Waals surface area contributed by atoms with E-state index in [1.54, 1.807) is 12.1 Å². The van der Waals surface area contributed by atoms with E-state index < -0.39 is 0 Å². The lowest BCUT2D eigenvalue weighted by Crippen LogP contribution is -2.46. The van der Waals surface area contributed by atoms with Gasteiger partial charge < -0.3 is 26.0 Å². The van der Waals surface area contributed by atoms with Crippen molar-refractivity contribution in [3.8, 4) is 0 Å². The number of anilines is 2. The standard InChI is InChI=1S/C24H31ClN6OS.C2H6.CH5N/c1-16-15-27-22(28-23(16)30-10-5-6-11-30)14-19(26)21-7-3-4-12-31(21)24(32)18-13-17(25)8-9-20(18)29-33-2;2*1-2/h8-9,13-15,21,29H,3-7,10-12,26H2,1-2H3;1-2H3;2H2,1H3/b19-14-;;. The molecule has 37 heavy (non-hydrogen) atoms. The lowest BCUT2D eigenvalue weighted by atomic mass is 9.97. The highest BCUT2D eigenvalue weighted by Crippen LogP contribution is 2.29. The summed E-state index contributed by atoms with van der Waals surface area (Å²) in [5, 5.41) is 0.532. The Kier molecular flexibility index (Phi) is 13.0. The molecule has 1 aromatic carbocycles. The summed E-state index contributed by atoms with van der Waals surface area (Å²) in [4.78, 5) is 27.0. The minimum Gasteiger partial charge on any atom is -0.400 e. The number of rotatable bonds is 6. The van der Waals surface area contributed by atoms with E-state index in [2.05, 4.69) is 20.3 Å². The van der Waals surface area contributed by atoms with Crippen LogP contribution in [0.2, 0.25) is 5.02 Å². The first-order valence-corrected chi connectivity index (χ1v) is 14.6. The van der Waals surface area contributed by atoms with E-state index in [-0.39, 0.29) is 11.9 Å². The Morgan fingerprint density at radius 2 is 1.84 bits per heavy atom. The van der Waals surface area contributed by atoms with Gasteiger partial charge in [0.2, 0.25) is 0 Å². The first kappa shape index (κ1) is 30.7. The van der Waals surface area contributed by atoms with Gasteiger partial charge in [-0.05, 0) is 64.3 Å². The summed E-state index contributed by atoms with van der Waals surface area (Å²) in [5.74, 6) is 1.49. The molecular formula is C27H42ClN7OS. The normalized spacial score (nSPS) is 17.4. The SMILES string of the molecule is CC.CN.CSNc1ccc(Cl)cc1C(=O)N1CCCCC1/C(N)=C/c1ncc(C)c(N2CCCC2)n1. The molecule has 0 aliphatic carbocycles. The van der Waals surface area contributed by atoms with E-state index in [1.807, 2.05) is 50.3 Å². The molecule has 2 saturated heterocycles. The number of nitrogens with zero attached hydrogens (tertiary/aromatic N) is 4. The third-order valence-electron chi connectivity index (χ3n) is 6.24. The van der Waals surface area contributed by atoms with E-state index >= 15 is 0 Å². The average Bonchev–Trinajstić information content (AvgIpc) is 3.47.